The van der Waals surface area contributed by atoms with E-state index < -0.39 is 5.97 Å². The summed E-state index contributed by atoms with van der Waals surface area (Å²) < 4.78 is 5.01. The lowest BCUT2D eigenvalue weighted by atomic mass is 9.96. The molecule has 114 valence electrons. The maximum atomic E-state index is 11.8. The molecule has 0 spiro atoms. The van der Waals surface area contributed by atoms with Crippen LogP contribution in [0.2, 0.25) is 0 Å². The highest BCUT2D eigenvalue weighted by Gasteiger charge is 2.32. The molecule has 0 aliphatic carbocycles. The molecule has 1 N–H and O–H groups in total. The lowest BCUT2D eigenvalue weighted by Gasteiger charge is -2.38. The third kappa shape index (κ3) is 3.45. The molecule has 0 radical (unpaired) electrons. The van der Waals surface area contributed by atoms with Crippen molar-refractivity contribution < 1.29 is 14.6 Å². The van der Waals surface area contributed by atoms with E-state index in [0.29, 0.717) is 25.1 Å². The number of benzene rings is 1. The molecule has 0 aromatic heterocycles. The summed E-state index contributed by atoms with van der Waals surface area (Å²) in [5.41, 5.74) is 1.62. The van der Waals surface area contributed by atoms with Crippen LogP contribution in [0.15, 0.2) is 41.7 Å². The predicted molar refractivity (Wildman–Crippen MR) is 81.9 cm³/mol. The summed E-state index contributed by atoms with van der Waals surface area (Å²) in [7, 11) is 0. The van der Waals surface area contributed by atoms with E-state index in [9.17, 15) is 9.90 Å². The van der Waals surface area contributed by atoms with E-state index in [-0.39, 0.29) is 17.8 Å². The van der Waals surface area contributed by atoms with E-state index in [2.05, 4.69) is 30.9 Å². The van der Waals surface area contributed by atoms with Gasteiger partial charge in [-0.1, -0.05) is 30.3 Å². The largest absolute Gasteiger partial charge is 0.510 e. The number of esters is 1. The van der Waals surface area contributed by atoms with Gasteiger partial charge in [0, 0.05) is 12.1 Å². The van der Waals surface area contributed by atoms with Crippen LogP contribution in [0.4, 0.5) is 0 Å². The second-order valence-electron chi connectivity index (χ2n) is 5.46. The molecule has 1 aromatic rings. The fraction of sp³-hybridized carbons (Fsp3) is 0.471. The number of hydrogen-bond acceptors (Lipinski definition) is 4. The van der Waals surface area contributed by atoms with Crippen molar-refractivity contribution in [3.05, 3.63) is 47.2 Å². The molecule has 0 saturated carbocycles. The first kappa shape index (κ1) is 15.6. The molecule has 0 amide bonds. The predicted octanol–water partition coefficient (Wildman–Crippen LogP) is 3.22. The van der Waals surface area contributed by atoms with Crippen LogP contribution < -0.4 is 0 Å². The Morgan fingerprint density at radius 1 is 1.43 bits per heavy atom. The molecule has 0 bridgehead atoms. The minimum atomic E-state index is -0.395. The number of hydrogen-bond donors (Lipinski definition) is 1. The molecule has 1 aromatic carbocycles. The SMILES string of the molecule is CCOC(=O)C1=C(O)CN([C@H](C)c2ccccc2)C(C)C1. The average molecular weight is 289 g/mol. The van der Waals surface area contributed by atoms with Gasteiger partial charge in [-0.2, -0.15) is 0 Å². The van der Waals surface area contributed by atoms with Crippen LogP contribution in [0.25, 0.3) is 0 Å². The maximum absolute atomic E-state index is 11.8. The van der Waals surface area contributed by atoms with Gasteiger partial charge in [-0.3, -0.25) is 4.90 Å². The molecule has 1 aliphatic rings. The monoisotopic (exact) mass is 289 g/mol. The second kappa shape index (κ2) is 6.76. The molecule has 4 heteroatoms. The summed E-state index contributed by atoms with van der Waals surface area (Å²) in [6, 6.07) is 10.5. The van der Waals surface area contributed by atoms with Gasteiger partial charge < -0.3 is 9.84 Å². The number of aliphatic hydroxyl groups is 1. The average Bonchev–Trinajstić information content (AvgIpc) is 2.49. The zero-order chi connectivity index (χ0) is 15.4. The number of nitrogens with zero attached hydrogens (tertiary/aromatic N) is 1. The van der Waals surface area contributed by atoms with Crippen LogP contribution in [0, 0.1) is 0 Å². The Hall–Kier alpha value is -1.81. The summed E-state index contributed by atoms with van der Waals surface area (Å²) in [4.78, 5) is 14.0. The summed E-state index contributed by atoms with van der Waals surface area (Å²) in [6.45, 7) is 6.67. The van der Waals surface area contributed by atoms with Crippen molar-refractivity contribution in [1.82, 2.24) is 4.90 Å². The minimum absolute atomic E-state index is 0.134. The molecule has 0 saturated heterocycles. The Balaban J connectivity index is 2.17. The van der Waals surface area contributed by atoms with E-state index in [4.69, 9.17) is 4.74 Å². The number of aliphatic hydroxyl groups excluding tert-OH is 1. The summed E-state index contributed by atoms with van der Waals surface area (Å²) in [5.74, 6) is -0.261. The van der Waals surface area contributed by atoms with Crippen molar-refractivity contribution in [2.75, 3.05) is 13.2 Å². The third-order valence-electron chi connectivity index (χ3n) is 4.05. The van der Waals surface area contributed by atoms with Gasteiger partial charge in [-0.15, -0.1) is 0 Å². The molecule has 1 heterocycles. The summed E-state index contributed by atoms with van der Waals surface area (Å²) in [6.07, 6.45) is 0.516. The zero-order valence-corrected chi connectivity index (χ0v) is 12.9. The van der Waals surface area contributed by atoms with E-state index in [1.807, 2.05) is 18.2 Å². The summed E-state index contributed by atoms with van der Waals surface area (Å²) in [5, 5.41) is 10.2. The van der Waals surface area contributed by atoms with E-state index in [1.165, 1.54) is 5.56 Å². The number of carbonyl (C=O) groups is 1. The molecule has 21 heavy (non-hydrogen) atoms. The molecule has 2 rings (SSSR count). The second-order valence-corrected chi connectivity index (χ2v) is 5.46. The fourth-order valence-corrected chi connectivity index (χ4v) is 2.82. The van der Waals surface area contributed by atoms with Crippen molar-refractivity contribution in [3.8, 4) is 0 Å². The van der Waals surface area contributed by atoms with Gasteiger partial charge in [0.05, 0.1) is 18.7 Å². The van der Waals surface area contributed by atoms with Gasteiger partial charge in [0.25, 0.3) is 0 Å². The van der Waals surface area contributed by atoms with Crippen LogP contribution in [-0.4, -0.2) is 35.2 Å². The molecule has 2 atom stereocenters. The summed E-state index contributed by atoms with van der Waals surface area (Å²) >= 11 is 0. The van der Waals surface area contributed by atoms with Crippen LogP contribution in [-0.2, 0) is 9.53 Å². The van der Waals surface area contributed by atoms with Crippen molar-refractivity contribution in [2.24, 2.45) is 0 Å². The van der Waals surface area contributed by atoms with Gasteiger partial charge in [0.1, 0.15) is 5.76 Å². The zero-order valence-electron chi connectivity index (χ0n) is 12.9. The van der Waals surface area contributed by atoms with Gasteiger partial charge in [-0.25, -0.2) is 4.79 Å². The standard InChI is InChI=1S/C17H23NO3/c1-4-21-17(20)15-10-12(2)18(11-16(15)19)13(3)14-8-6-5-7-9-14/h5-9,12-13,19H,4,10-11H2,1-3H3/t12?,13-/m1/s1. The third-order valence-corrected chi connectivity index (χ3v) is 4.05. The first-order chi connectivity index (χ1) is 10.0. The first-order valence-corrected chi connectivity index (χ1v) is 7.43. The van der Waals surface area contributed by atoms with Crippen LogP contribution >= 0.6 is 0 Å². The molecule has 0 fully saturated rings. The minimum Gasteiger partial charge on any atom is -0.510 e. The highest BCUT2D eigenvalue weighted by molar-refractivity contribution is 5.89. The van der Waals surface area contributed by atoms with Gasteiger partial charge in [0.2, 0.25) is 0 Å². The van der Waals surface area contributed by atoms with Gasteiger partial charge in [-0.05, 0) is 32.8 Å². The normalized spacial score (nSPS) is 21.2. The van der Waals surface area contributed by atoms with Crippen molar-refractivity contribution in [1.29, 1.82) is 0 Å². The van der Waals surface area contributed by atoms with Gasteiger partial charge in [0.15, 0.2) is 0 Å². The van der Waals surface area contributed by atoms with Crippen molar-refractivity contribution >= 4 is 5.97 Å². The molecular formula is C17H23NO3. The number of rotatable bonds is 4. The van der Waals surface area contributed by atoms with E-state index in [1.54, 1.807) is 6.92 Å². The Morgan fingerprint density at radius 3 is 2.71 bits per heavy atom. The topological polar surface area (TPSA) is 49.8 Å². The van der Waals surface area contributed by atoms with Crippen molar-refractivity contribution in [3.63, 3.8) is 0 Å². The first-order valence-electron chi connectivity index (χ1n) is 7.43. The quantitative estimate of drug-likeness (QED) is 0.865. The van der Waals surface area contributed by atoms with Gasteiger partial charge >= 0.3 is 5.97 Å². The smallest absolute Gasteiger partial charge is 0.337 e. The van der Waals surface area contributed by atoms with E-state index >= 15 is 0 Å². The highest BCUT2D eigenvalue weighted by Crippen LogP contribution is 2.30. The number of ether oxygens (including phenoxy) is 1. The molecule has 4 nitrogen and oxygen atoms in total. The lowest BCUT2D eigenvalue weighted by Crippen LogP contribution is -2.41. The fourth-order valence-electron chi connectivity index (χ4n) is 2.82. The maximum Gasteiger partial charge on any atom is 0.337 e. The Morgan fingerprint density at radius 2 is 2.10 bits per heavy atom. The lowest BCUT2D eigenvalue weighted by molar-refractivity contribution is -0.139. The molecule has 1 unspecified atom stereocenters. The Labute approximate surface area is 126 Å². The van der Waals surface area contributed by atoms with Crippen LogP contribution in [0.3, 0.4) is 0 Å². The van der Waals surface area contributed by atoms with E-state index in [0.717, 1.165) is 0 Å². The Kier molecular flexibility index (Phi) is 5.02. The van der Waals surface area contributed by atoms with Crippen LogP contribution in [0.5, 0.6) is 0 Å². The van der Waals surface area contributed by atoms with Crippen LogP contribution in [0.1, 0.15) is 38.8 Å². The highest BCUT2D eigenvalue weighted by atomic mass is 16.5. The Bertz CT molecular complexity index is 524. The number of carbonyl (C=O) groups excluding carboxylic acids is 1. The van der Waals surface area contributed by atoms with Crippen molar-refractivity contribution in [2.45, 2.75) is 39.3 Å². The molecular weight excluding hydrogens is 266 g/mol. The molecule has 1 aliphatic heterocycles.